The maximum absolute atomic E-state index is 9.10. The lowest BCUT2D eigenvalue weighted by Gasteiger charge is -2.22. The zero-order valence-electron chi connectivity index (χ0n) is 12.0. The van der Waals surface area contributed by atoms with Gasteiger partial charge in [-0.2, -0.15) is 5.26 Å². The van der Waals surface area contributed by atoms with E-state index in [1.807, 2.05) is 19.9 Å². The predicted octanol–water partition coefficient (Wildman–Crippen LogP) is 2.92. The molecule has 1 aromatic carbocycles. The van der Waals surface area contributed by atoms with Gasteiger partial charge in [0, 0.05) is 19.6 Å². The first kappa shape index (κ1) is 15.7. The van der Waals surface area contributed by atoms with E-state index in [1.165, 1.54) is 5.56 Å². The van der Waals surface area contributed by atoms with Crippen molar-refractivity contribution in [3.63, 3.8) is 0 Å². The Morgan fingerprint density at radius 3 is 2.63 bits per heavy atom. The van der Waals surface area contributed by atoms with Crippen LogP contribution in [-0.4, -0.2) is 25.3 Å². The number of rotatable bonds is 9. The molecule has 0 aliphatic heterocycles. The van der Waals surface area contributed by atoms with Crippen LogP contribution in [0.3, 0.4) is 0 Å². The molecule has 0 amide bonds. The van der Waals surface area contributed by atoms with Crippen LogP contribution in [0.2, 0.25) is 0 Å². The highest BCUT2D eigenvalue weighted by Gasteiger charge is 2.21. The van der Waals surface area contributed by atoms with Gasteiger partial charge in [-0.3, -0.25) is 5.32 Å². The van der Waals surface area contributed by atoms with E-state index in [0.717, 1.165) is 32.4 Å². The molecule has 0 heterocycles. The van der Waals surface area contributed by atoms with Crippen molar-refractivity contribution < 1.29 is 4.74 Å². The molecule has 3 nitrogen and oxygen atoms in total. The average molecular weight is 260 g/mol. The molecule has 19 heavy (non-hydrogen) atoms. The molecule has 0 aliphatic rings. The van der Waals surface area contributed by atoms with E-state index in [1.54, 1.807) is 0 Å². The Kier molecular flexibility index (Phi) is 7.17. The van der Waals surface area contributed by atoms with Gasteiger partial charge in [0.2, 0.25) is 0 Å². The van der Waals surface area contributed by atoms with Crippen molar-refractivity contribution in [2.45, 2.75) is 38.6 Å². The molecule has 0 aliphatic carbocycles. The largest absolute Gasteiger partial charge is 0.381 e. The Bertz CT molecular complexity index is 385. The van der Waals surface area contributed by atoms with Crippen molar-refractivity contribution in [2.75, 3.05) is 19.8 Å². The quantitative estimate of drug-likeness (QED) is 0.694. The van der Waals surface area contributed by atoms with E-state index < -0.39 is 5.54 Å². The van der Waals surface area contributed by atoms with Gasteiger partial charge in [0.25, 0.3) is 0 Å². The second kappa shape index (κ2) is 8.68. The van der Waals surface area contributed by atoms with Crippen LogP contribution in [0.15, 0.2) is 30.3 Å². The molecular weight excluding hydrogens is 236 g/mol. The molecule has 0 spiro atoms. The SMILES string of the molecule is CCNC(C)(C#N)CCOCCCc1ccccc1. The van der Waals surface area contributed by atoms with Crippen molar-refractivity contribution in [1.82, 2.24) is 5.32 Å². The van der Waals surface area contributed by atoms with E-state index in [-0.39, 0.29) is 0 Å². The Morgan fingerprint density at radius 1 is 1.26 bits per heavy atom. The van der Waals surface area contributed by atoms with Crippen molar-refractivity contribution in [3.8, 4) is 6.07 Å². The van der Waals surface area contributed by atoms with Gasteiger partial charge >= 0.3 is 0 Å². The van der Waals surface area contributed by atoms with Gasteiger partial charge in [0.15, 0.2) is 0 Å². The first-order valence-electron chi connectivity index (χ1n) is 6.98. The molecule has 104 valence electrons. The molecule has 1 unspecified atom stereocenters. The molecule has 3 heteroatoms. The maximum atomic E-state index is 9.10. The van der Waals surface area contributed by atoms with Crippen molar-refractivity contribution in [2.24, 2.45) is 0 Å². The number of nitrogens with zero attached hydrogens (tertiary/aromatic N) is 1. The Balaban J connectivity index is 2.10. The minimum Gasteiger partial charge on any atom is -0.381 e. The molecule has 1 rings (SSSR count). The molecule has 0 fully saturated rings. The van der Waals surface area contributed by atoms with Gasteiger partial charge < -0.3 is 4.74 Å². The van der Waals surface area contributed by atoms with Crippen molar-refractivity contribution >= 4 is 0 Å². The smallest absolute Gasteiger partial charge is 0.106 e. The summed E-state index contributed by atoms with van der Waals surface area (Å²) in [5.41, 5.74) is 0.884. The van der Waals surface area contributed by atoms with Gasteiger partial charge in [-0.1, -0.05) is 37.3 Å². The summed E-state index contributed by atoms with van der Waals surface area (Å²) in [4.78, 5) is 0. The van der Waals surface area contributed by atoms with E-state index in [4.69, 9.17) is 10.00 Å². The first-order chi connectivity index (χ1) is 9.20. The summed E-state index contributed by atoms with van der Waals surface area (Å²) < 4.78 is 5.61. The highest BCUT2D eigenvalue weighted by Crippen LogP contribution is 2.08. The predicted molar refractivity (Wildman–Crippen MR) is 77.9 cm³/mol. The van der Waals surface area contributed by atoms with Crippen molar-refractivity contribution in [3.05, 3.63) is 35.9 Å². The topological polar surface area (TPSA) is 45.0 Å². The van der Waals surface area contributed by atoms with Crippen LogP contribution in [-0.2, 0) is 11.2 Å². The molecule has 1 atom stereocenters. The number of nitriles is 1. The van der Waals surface area contributed by atoms with Crippen LogP contribution in [0.1, 0.15) is 32.3 Å². The molecule has 0 bridgehead atoms. The van der Waals surface area contributed by atoms with E-state index in [0.29, 0.717) is 6.61 Å². The summed E-state index contributed by atoms with van der Waals surface area (Å²) in [6.07, 6.45) is 2.79. The summed E-state index contributed by atoms with van der Waals surface area (Å²) in [5, 5.41) is 12.3. The highest BCUT2D eigenvalue weighted by atomic mass is 16.5. The third kappa shape index (κ3) is 6.37. The number of aryl methyl sites for hydroxylation is 1. The van der Waals surface area contributed by atoms with Gasteiger partial charge in [0.05, 0.1) is 6.07 Å². The fraction of sp³-hybridized carbons (Fsp3) is 0.562. The van der Waals surface area contributed by atoms with Crippen LogP contribution in [0.25, 0.3) is 0 Å². The lowest BCUT2D eigenvalue weighted by Crippen LogP contribution is -2.41. The number of ether oxygens (including phenoxy) is 1. The van der Waals surface area contributed by atoms with E-state index in [2.05, 4.69) is 35.7 Å². The number of benzene rings is 1. The molecule has 0 saturated carbocycles. The van der Waals surface area contributed by atoms with Gasteiger partial charge in [-0.25, -0.2) is 0 Å². The Morgan fingerprint density at radius 2 is 2.00 bits per heavy atom. The van der Waals surface area contributed by atoms with E-state index >= 15 is 0 Å². The molecule has 1 N–H and O–H groups in total. The van der Waals surface area contributed by atoms with Crippen LogP contribution in [0.4, 0.5) is 0 Å². The molecule has 0 radical (unpaired) electrons. The Labute approximate surface area is 116 Å². The summed E-state index contributed by atoms with van der Waals surface area (Å²) >= 11 is 0. The maximum Gasteiger partial charge on any atom is 0.106 e. The third-order valence-corrected chi connectivity index (χ3v) is 3.16. The van der Waals surface area contributed by atoms with Gasteiger partial charge in [-0.05, 0) is 31.9 Å². The second-order valence-electron chi connectivity index (χ2n) is 4.93. The summed E-state index contributed by atoms with van der Waals surface area (Å²) in [5.74, 6) is 0. The monoisotopic (exact) mass is 260 g/mol. The molecule has 0 aromatic heterocycles. The average Bonchev–Trinajstić information content (AvgIpc) is 2.44. The normalized spacial score (nSPS) is 13.7. The van der Waals surface area contributed by atoms with Crippen LogP contribution >= 0.6 is 0 Å². The van der Waals surface area contributed by atoms with Crippen LogP contribution < -0.4 is 5.32 Å². The molecule has 0 saturated heterocycles. The van der Waals surface area contributed by atoms with Crippen molar-refractivity contribution in [1.29, 1.82) is 5.26 Å². The second-order valence-corrected chi connectivity index (χ2v) is 4.93. The highest BCUT2D eigenvalue weighted by molar-refractivity contribution is 5.14. The minimum atomic E-state index is -0.464. The summed E-state index contributed by atoms with van der Waals surface area (Å²) in [6, 6.07) is 12.7. The zero-order valence-corrected chi connectivity index (χ0v) is 12.0. The van der Waals surface area contributed by atoms with Gasteiger partial charge in [0.1, 0.15) is 5.54 Å². The summed E-state index contributed by atoms with van der Waals surface area (Å²) in [7, 11) is 0. The lowest BCUT2D eigenvalue weighted by molar-refractivity contribution is 0.116. The number of hydrogen-bond acceptors (Lipinski definition) is 3. The van der Waals surface area contributed by atoms with Crippen LogP contribution in [0.5, 0.6) is 0 Å². The number of hydrogen-bond donors (Lipinski definition) is 1. The Hall–Kier alpha value is -1.37. The fourth-order valence-electron chi connectivity index (χ4n) is 1.98. The van der Waals surface area contributed by atoms with Crippen LogP contribution in [0, 0.1) is 11.3 Å². The standard InChI is InChI=1S/C16H24N2O/c1-3-18-16(2,14-17)11-13-19-12-7-10-15-8-5-4-6-9-15/h4-6,8-9,18H,3,7,10-13H2,1-2H3. The zero-order chi connectivity index (χ0) is 14.0. The third-order valence-electron chi connectivity index (χ3n) is 3.16. The van der Waals surface area contributed by atoms with E-state index in [9.17, 15) is 0 Å². The lowest BCUT2D eigenvalue weighted by atomic mass is 10.0. The fourth-order valence-corrected chi connectivity index (χ4v) is 1.98. The van der Waals surface area contributed by atoms with Gasteiger partial charge in [-0.15, -0.1) is 0 Å². The first-order valence-corrected chi connectivity index (χ1v) is 6.98. The number of nitrogens with one attached hydrogen (secondary N) is 1. The molecule has 1 aromatic rings. The summed E-state index contributed by atoms with van der Waals surface area (Å²) in [6.45, 7) is 6.12. The molecular formula is C16H24N2O. The minimum absolute atomic E-state index is 0.464.